The van der Waals surface area contributed by atoms with E-state index < -0.39 is 30.9 Å². The first-order valence-electron chi connectivity index (χ1n) is 6.35. The minimum Gasteiger partial charge on any atom is -0.480 e. The molecule has 8 nitrogen and oxygen atoms in total. The van der Waals surface area contributed by atoms with E-state index in [1.54, 1.807) is 0 Å². The third-order valence-electron chi connectivity index (χ3n) is 2.47. The molecule has 8 heteroatoms. The number of carbonyl (C=O) groups is 4. The first kappa shape index (κ1) is 17.9. The van der Waals surface area contributed by atoms with Gasteiger partial charge in [-0.3, -0.25) is 19.2 Å². The third kappa shape index (κ3) is 9.86. The van der Waals surface area contributed by atoms with Crippen LogP contribution in [0.4, 0.5) is 0 Å². The van der Waals surface area contributed by atoms with Crippen LogP contribution < -0.4 is 11.1 Å². The van der Waals surface area contributed by atoms with E-state index in [-0.39, 0.29) is 12.3 Å². The maximum Gasteiger partial charge on any atom is 0.323 e. The Bertz CT molecular complexity index is 354. The van der Waals surface area contributed by atoms with Gasteiger partial charge < -0.3 is 21.1 Å². The molecule has 0 aromatic rings. The van der Waals surface area contributed by atoms with Gasteiger partial charge in [0.25, 0.3) is 0 Å². The summed E-state index contributed by atoms with van der Waals surface area (Å²) in [6.07, 6.45) is 2.18. The quantitative estimate of drug-likeness (QED) is 0.447. The van der Waals surface area contributed by atoms with Gasteiger partial charge in [-0.1, -0.05) is 6.42 Å². The molecule has 0 saturated carbocycles. The van der Waals surface area contributed by atoms with Crippen LogP contribution >= 0.6 is 0 Å². The molecule has 0 heterocycles. The molecular weight excluding hydrogens is 266 g/mol. The number of carboxylic acid groups (broad SMARTS) is 1. The summed E-state index contributed by atoms with van der Waals surface area (Å²) in [5.41, 5.74) is 4.96. The van der Waals surface area contributed by atoms with Crippen LogP contribution in [-0.2, 0) is 19.2 Å². The van der Waals surface area contributed by atoms with Crippen LogP contribution in [0.25, 0.3) is 0 Å². The molecule has 114 valence electrons. The van der Waals surface area contributed by atoms with Crippen molar-refractivity contribution in [2.75, 3.05) is 19.6 Å². The second-order valence-electron chi connectivity index (χ2n) is 4.40. The van der Waals surface area contributed by atoms with E-state index >= 15 is 0 Å². The van der Waals surface area contributed by atoms with Crippen LogP contribution in [0.1, 0.15) is 32.6 Å². The summed E-state index contributed by atoms with van der Waals surface area (Å²) in [6.45, 7) is 1.05. The number of aliphatic carboxylic acids is 1. The Morgan fingerprint density at radius 3 is 2.25 bits per heavy atom. The first-order valence-corrected chi connectivity index (χ1v) is 6.35. The maximum atomic E-state index is 11.7. The van der Waals surface area contributed by atoms with E-state index in [2.05, 4.69) is 5.32 Å². The highest BCUT2D eigenvalue weighted by molar-refractivity contribution is 5.86. The van der Waals surface area contributed by atoms with E-state index in [1.165, 1.54) is 6.92 Å². The summed E-state index contributed by atoms with van der Waals surface area (Å²) in [7, 11) is 0. The Morgan fingerprint density at radius 1 is 1.10 bits per heavy atom. The predicted molar refractivity (Wildman–Crippen MR) is 70.6 cm³/mol. The average molecular weight is 287 g/mol. The van der Waals surface area contributed by atoms with Crippen LogP contribution in [-0.4, -0.2) is 53.3 Å². The largest absolute Gasteiger partial charge is 0.480 e. The van der Waals surface area contributed by atoms with Gasteiger partial charge in [0.2, 0.25) is 17.7 Å². The highest BCUT2D eigenvalue weighted by Gasteiger charge is 2.18. The van der Waals surface area contributed by atoms with Crippen molar-refractivity contribution in [3.05, 3.63) is 0 Å². The fourth-order valence-corrected chi connectivity index (χ4v) is 1.58. The van der Waals surface area contributed by atoms with Crippen LogP contribution in [0.2, 0.25) is 0 Å². The highest BCUT2D eigenvalue weighted by atomic mass is 16.4. The zero-order valence-electron chi connectivity index (χ0n) is 11.6. The second-order valence-corrected chi connectivity index (χ2v) is 4.40. The number of hydrogen-bond acceptors (Lipinski definition) is 4. The van der Waals surface area contributed by atoms with E-state index in [1.807, 2.05) is 0 Å². The Balaban J connectivity index is 3.97. The smallest absolute Gasteiger partial charge is 0.323 e. The summed E-state index contributed by atoms with van der Waals surface area (Å²) < 4.78 is 0. The molecule has 0 rings (SSSR count). The van der Waals surface area contributed by atoms with Crippen LogP contribution in [0.5, 0.6) is 0 Å². The van der Waals surface area contributed by atoms with Crippen molar-refractivity contribution in [2.24, 2.45) is 5.73 Å². The van der Waals surface area contributed by atoms with Crippen molar-refractivity contribution in [1.82, 2.24) is 10.2 Å². The molecule has 3 amide bonds. The lowest BCUT2D eigenvalue weighted by Gasteiger charge is -2.18. The van der Waals surface area contributed by atoms with Crippen molar-refractivity contribution >= 4 is 23.7 Å². The predicted octanol–water partition coefficient (Wildman–Crippen LogP) is -0.919. The fourth-order valence-electron chi connectivity index (χ4n) is 1.58. The van der Waals surface area contributed by atoms with E-state index in [0.29, 0.717) is 13.0 Å². The van der Waals surface area contributed by atoms with Gasteiger partial charge in [0, 0.05) is 19.9 Å². The van der Waals surface area contributed by atoms with Crippen molar-refractivity contribution in [3.63, 3.8) is 0 Å². The molecule has 0 atom stereocenters. The van der Waals surface area contributed by atoms with Crippen molar-refractivity contribution in [2.45, 2.75) is 32.6 Å². The summed E-state index contributed by atoms with van der Waals surface area (Å²) >= 11 is 0. The number of nitrogens with zero attached hydrogens (tertiary/aromatic N) is 1. The first-order chi connectivity index (χ1) is 9.32. The Hall–Kier alpha value is -2.12. The van der Waals surface area contributed by atoms with Crippen molar-refractivity contribution < 1.29 is 24.3 Å². The molecule has 20 heavy (non-hydrogen) atoms. The number of carboxylic acids is 1. The number of carbonyl (C=O) groups excluding carboxylic acids is 3. The van der Waals surface area contributed by atoms with E-state index in [0.717, 1.165) is 17.7 Å². The van der Waals surface area contributed by atoms with E-state index in [4.69, 9.17) is 10.8 Å². The lowest BCUT2D eigenvalue weighted by molar-refractivity contribution is -0.145. The summed E-state index contributed by atoms with van der Waals surface area (Å²) in [4.78, 5) is 44.6. The molecule has 0 aliphatic rings. The second kappa shape index (κ2) is 9.76. The lowest BCUT2D eigenvalue weighted by atomic mass is 10.1. The minimum atomic E-state index is -1.19. The van der Waals surface area contributed by atoms with Gasteiger partial charge in [0.15, 0.2) is 0 Å². The van der Waals surface area contributed by atoms with Gasteiger partial charge in [-0.2, -0.15) is 0 Å². The van der Waals surface area contributed by atoms with Crippen molar-refractivity contribution in [1.29, 1.82) is 0 Å². The van der Waals surface area contributed by atoms with Crippen LogP contribution in [0.15, 0.2) is 0 Å². The molecule has 0 fully saturated rings. The standard InChI is InChI=1S/C12H21N3O5/c1-9(16)14-6-4-2-3-5-11(18)15(7-10(13)17)8-12(19)20/h2-8H2,1H3,(H2,13,17)(H,14,16)(H,19,20). The molecular formula is C12H21N3O5. The number of amides is 3. The monoisotopic (exact) mass is 287 g/mol. The molecule has 0 aliphatic heterocycles. The van der Waals surface area contributed by atoms with Gasteiger partial charge in [0.1, 0.15) is 6.54 Å². The number of unbranched alkanes of at least 4 members (excludes halogenated alkanes) is 2. The maximum absolute atomic E-state index is 11.7. The zero-order valence-corrected chi connectivity index (χ0v) is 11.6. The Morgan fingerprint density at radius 2 is 1.75 bits per heavy atom. The van der Waals surface area contributed by atoms with Gasteiger partial charge in [-0.15, -0.1) is 0 Å². The number of nitrogens with two attached hydrogens (primary N) is 1. The Kier molecular flexibility index (Phi) is 8.73. The summed E-state index contributed by atoms with van der Waals surface area (Å²) in [5.74, 6) is -2.45. The molecule has 4 N–H and O–H groups in total. The average Bonchev–Trinajstić information content (AvgIpc) is 2.30. The van der Waals surface area contributed by atoms with Crippen LogP contribution in [0, 0.1) is 0 Å². The third-order valence-corrected chi connectivity index (χ3v) is 2.47. The number of primary amides is 1. The van der Waals surface area contributed by atoms with Gasteiger partial charge in [0.05, 0.1) is 6.54 Å². The number of rotatable bonds is 10. The molecule has 0 saturated heterocycles. The number of nitrogens with one attached hydrogen (secondary N) is 1. The number of hydrogen-bond donors (Lipinski definition) is 3. The molecule has 0 aliphatic carbocycles. The summed E-state index contributed by atoms with van der Waals surface area (Å²) in [6, 6.07) is 0. The highest BCUT2D eigenvalue weighted by Crippen LogP contribution is 2.03. The Labute approximate surface area is 117 Å². The molecule has 0 unspecified atom stereocenters. The summed E-state index contributed by atoms with van der Waals surface area (Å²) in [5, 5.41) is 11.3. The molecule has 0 spiro atoms. The fraction of sp³-hybridized carbons (Fsp3) is 0.667. The van der Waals surface area contributed by atoms with Crippen LogP contribution in [0.3, 0.4) is 0 Å². The van der Waals surface area contributed by atoms with E-state index in [9.17, 15) is 19.2 Å². The van der Waals surface area contributed by atoms with Gasteiger partial charge >= 0.3 is 5.97 Å². The van der Waals surface area contributed by atoms with Gasteiger partial charge in [-0.05, 0) is 12.8 Å². The topological polar surface area (TPSA) is 130 Å². The normalized spacial score (nSPS) is 9.85. The van der Waals surface area contributed by atoms with Gasteiger partial charge in [-0.25, -0.2) is 0 Å². The van der Waals surface area contributed by atoms with Crippen molar-refractivity contribution in [3.8, 4) is 0 Å². The molecule has 0 aromatic heterocycles. The molecule has 0 aromatic carbocycles. The SMILES string of the molecule is CC(=O)NCCCCCC(=O)N(CC(N)=O)CC(=O)O. The zero-order chi connectivity index (χ0) is 15.5. The molecule has 0 bridgehead atoms. The molecule has 0 radical (unpaired) electrons. The lowest BCUT2D eigenvalue weighted by Crippen LogP contribution is -2.41. The minimum absolute atomic E-state index is 0.102.